The minimum absolute atomic E-state index is 0.0505. The van der Waals surface area contributed by atoms with Crippen LogP contribution in [0.15, 0.2) is 54.6 Å². The van der Waals surface area contributed by atoms with Gasteiger partial charge in [-0.3, -0.25) is 19.8 Å². The molecule has 2 aromatic rings. The van der Waals surface area contributed by atoms with Crippen molar-refractivity contribution in [3.05, 3.63) is 70.3 Å². The fraction of sp³-hybridized carbons (Fsp3) is 0.133. The van der Waals surface area contributed by atoms with Crippen LogP contribution in [0.25, 0.3) is 0 Å². The number of thioether (sulfide) groups is 1. The Labute approximate surface area is 125 Å². The number of nitrogens with zero attached hydrogens (tertiary/aromatic N) is 2. The molecular formula is C15H12N2O3S. The van der Waals surface area contributed by atoms with Gasteiger partial charge in [-0.25, -0.2) is 0 Å². The van der Waals surface area contributed by atoms with Crippen molar-refractivity contribution in [3.8, 4) is 0 Å². The van der Waals surface area contributed by atoms with E-state index in [1.165, 1.54) is 23.9 Å². The summed E-state index contributed by atoms with van der Waals surface area (Å²) in [4.78, 5) is 24.2. The van der Waals surface area contributed by atoms with Crippen LogP contribution in [-0.4, -0.2) is 16.6 Å². The van der Waals surface area contributed by atoms with E-state index in [9.17, 15) is 14.9 Å². The maximum atomic E-state index is 12.1. The topological polar surface area (TPSA) is 63.4 Å². The van der Waals surface area contributed by atoms with Crippen molar-refractivity contribution < 1.29 is 9.72 Å². The number of para-hydroxylation sites is 1. The molecule has 0 aliphatic carbocycles. The normalized spacial score (nSPS) is 18.0. The van der Waals surface area contributed by atoms with Crippen molar-refractivity contribution in [3.63, 3.8) is 0 Å². The number of carbonyl (C=O) groups is 1. The fourth-order valence-electron chi connectivity index (χ4n) is 2.30. The lowest BCUT2D eigenvalue weighted by molar-refractivity contribution is -0.384. The highest BCUT2D eigenvalue weighted by molar-refractivity contribution is 8.00. The molecule has 106 valence electrons. The predicted molar refractivity (Wildman–Crippen MR) is 82.2 cm³/mol. The molecule has 1 amide bonds. The smallest absolute Gasteiger partial charge is 0.269 e. The number of benzene rings is 2. The molecule has 1 heterocycles. The summed E-state index contributed by atoms with van der Waals surface area (Å²) in [6.07, 6.45) is 0. The standard InChI is InChI=1S/C15H12N2O3S/c18-14-10-21-15(16(14)12-4-2-1-3-5-12)11-6-8-13(9-7-11)17(19)20/h1-9,15H,10H2. The number of rotatable bonds is 3. The molecule has 0 N–H and O–H groups in total. The lowest BCUT2D eigenvalue weighted by atomic mass is 10.1. The highest BCUT2D eigenvalue weighted by Gasteiger charge is 2.34. The molecule has 3 rings (SSSR count). The minimum atomic E-state index is -0.425. The first-order valence-corrected chi connectivity index (χ1v) is 7.45. The summed E-state index contributed by atoms with van der Waals surface area (Å²) in [5.74, 6) is 0.464. The first-order valence-electron chi connectivity index (χ1n) is 6.40. The number of nitro benzene ring substituents is 1. The second-order valence-corrected chi connectivity index (χ2v) is 5.68. The highest BCUT2D eigenvalue weighted by atomic mass is 32.2. The van der Waals surface area contributed by atoms with Crippen molar-refractivity contribution >= 4 is 29.0 Å². The maximum absolute atomic E-state index is 12.1. The molecule has 1 aliphatic rings. The Hall–Kier alpha value is -2.34. The van der Waals surface area contributed by atoms with Gasteiger partial charge in [-0.1, -0.05) is 18.2 Å². The van der Waals surface area contributed by atoms with Gasteiger partial charge in [-0.2, -0.15) is 0 Å². The van der Waals surface area contributed by atoms with E-state index in [0.717, 1.165) is 11.3 Å². The summed E-state index contributed by atoms with van der Waals surface area (Å²) in [6.45, 7) is 0. The van der Waals surface area contributed by atoms with Gasteiger partial charge in [-0.05, 0) is 29.8 Å². The molecule has 1 fully saturated rings. The van der Waals surface area contributed by atoms with E-state index in [2.05, 4.69) is 0 Å². The zero-order chi connectivity index (χ0) is 14.8. The van der Waals surface area contributed by atoms with Gasteiger partial charge >= 0.3 is 0 Å². The summed E-state index contributed by atoms with van der Waals surface area (Å²) in [5, 5.41) is 10.6. The van der Waals surface area contributed by atoms with Crippen molar-refractivity contribution in [2.75, 3.05) is 10.7 Å². The van der Waals surface area contributed by atoms with Gasteiger partial charge in [0.1, 0.15) is 5.37 Å². The average molecular weight is 300 g/mol. The zero-order valence-electron chi connectivity index (χ0n) is 11.0. The number of anilines is 1. The maximum Gasteiger partial charge on any atom is 0.269 e. The molecule has 2 aromatic carbocycles. The van der Waals surface area contributed by atoms with Crippen LogP contribution < -0.4 is 4.90 Å². The number of amides is 1. The second kappa shape index (κ2) is 5.57. The van der Waals surface area contributed by atoms with Gasteiger partial charge in [0.05, 0.1) is 10.7 Å². The number of carbonyl (C=O) groups excluding carboxylic acids is 1. The highest BCUT2D eigenvalue weighted by Crippen LogP contribution is 2.41. The largest absolute Gasteiger partial charge is 0.295 e. The summed E-state index contributed by atoms with van der Waals surface area (Å²) in [7, 11) is 0. The Kier molecular flexibility index (Phi) is 3.62. The number of non-ortho nitro benzene ring substituents is 1. The molecule has 0 radical (unpaired) electrons. The third-order valence-electron chi connectivity index (χ3n) is 3.29. The molecule has 0 saturated carbocycles. The fourth-order valence-corrected chi connectivity index (χ4v) is 3.48. The van der Waals surface area contributed by atoms with Gasteiger partial charge in [0.25, 0.3) is 5.69 Å². The zero-order valence-corrected chi connectivity index (χ0v) is 11.8. The second-order valence-electron chi connectivity index (χ2n) is 4.61. The molecule has 21 heavy (non-hydrogen) atoms. The number of hydrogen-bond donors (Lipinski definition) is 0. The molecule has 0 aromatic heterocycles. The van der Waals surface area contributed by atoms with Gasteiger partial charge < -0.3 is 0 Å². The first-order chi connectivity index (χ1) is 10.2. The molecule has 1 saturated heterocycles. The van der Waals surface area contributed by atoms with E-state index in [4.69, 9.17) is 0 Å². The summed E-state index contributed by atoms with van der Waals surface area (Å²) in [5.41, 5.74) is 1.79. The Bertz CT molecular complexity index is 673. The quantitative estimate of drug-likeness (QED) is 0.644. The first kappa shape index (κ1) is 13.6. The predicted octanol–water partition coefficient (Wildman–Crippen LogP) is 3.37. The van der Waals surface area contributed by atoms with Crippen LogP contribution in [0.4, 0.5) is 11.4 Å². The van der Waals surface area contributed by atoms with Crippen LogP contribution >= 0.6 is 11.8 Å². The van der Waals surface area contributed by atoms with E-state index in [0.29, 0.717) is 5.75 Å². The Morgan fingerprint density at radius 2 is 1.76 bits per heavy atom. The Balaban J connectivity index is 1.93. The minimum Gasteiger partial charge on any atom is -0.295 e. The van der Waals surface area contributed by atoms with Gasteiger partial charge in [0.15, 0.2) is 0 Å². The lowest BCUT2D eigenvalue weighted by Crippen LogP contribution is -2.27. The summed E-state index contributed by atoms with van der Waals surface area (Å²) >= 11 is 1.53. The van der Waals surface area contributed by atoms with Crippen LogP contribution in [-0.2, 0) is 4.79 Å². The average Bonchev–Trinajstić information content (AvgIpc) is 2.90. The number of nitro groups is 1. The van der Waals surface area contributed by atoms with Crippen molar-refractivity contribution in [2.24, 2.45) is 0 Å². The van der Waals surface area contributed by atoms with Crippen LogP contribution in [0.1, 0.15) is 10.9 Å². The van der Waals surface area contributed by atoms with Crippen molar-refractivity contribution in [1.29, 1.82) is 0 Å². The van der Waals surface area contributed by atoms with Crippen molar-refractivity contribution in [1.82, 2.24) is 0 Å². The van der Waals surface area contributed by atoms with Crippen LogP contribution in [0.2, 0.25) is 0 Å². The molecular weight excluding hydrogens is 288 g/mol. The van der Waals surface area contributed by atoms with Crippen LogP contribution in [0.5, 0.6) is 0 Å². The Morgan fingerprint density at radius 3 is 2.38 bits per heavy atom. The van der Waals surface area contributed by atoms with Gasteiger partial charge in [0.2, 0.25) is 5.91 Å². The van der Waals surface area contributed by atoms with E-state index in [1.807, 2.05) is 30.3 Å². The van der Waals surface area contributed by atoms with E-state index < -0.39 is 4.92 Å². The third-order valence-corrected chi connectivity index (χ3v) is 4.50. The summed E-state index contributed by atoms with van der Waals surface area (Å²) in [6, 6.07) is 15.8. The molecule has 1 aliphatic heterocycles. The van der Waals surface area contributed by atoms with Crippen molar-refractivity contribution in [2.45, 2.75) is 5.37 Å². The van der Waals surface area contributed by atoms with E-state index in [1.54, 1.807) is 17.0 Å². The summed E-state index contributed by atoms with van der Waals surface area (Å²) < 4.78 is 0. The molecule has 5 nitrogen and oxygen atoms in total. The third kappa shape index (κ3) is 2.62. The SMILES string of the molecule is O=C1CSC(c2ccc([N+](=O)[O-])cc2)N1c1ccccc1. The lowest BCUT2D eigenvalue weighted by Gasteiger charge is -2.24. The molecule has 1 unspecified atom stereocenters. The van der Waals surface area contributed by atoms with Crippen LogP contribution in [0.3, 0.4) is 0 Å². The molecule has 0 bridgehead atoms. The van der Waals surface area contributed by atoms with E-state index in [-0.39, 0.29) is 17.0 Å². The van der Waals surface area contributed by atoms with Gasteiger partial charge in [-0.15, -0.1) is 11.8 Å². The van der Waals surface area contributed by atoms with Crippen LogP contribution in [0, 0.1) is 10.1 Å². The Morgan fingerprint density at radius 1 is 1.10 bits per heavy atom. The molecule has 0 spiro atoms. The number of hydrogen-bond acceptors (Lipinski definition) is 4. The monoisotopic (exact) mass is 300 g/mol. The van der Waals surface area contributed by atoms with Gasteiger partial charge in [0, 0.05) is 17.8 Å². The van der Waals surface area contributed by atoms with E-state index >= 15 is 0 Å². The molecule has 6 heteroatoms. The molecule has 1 atom stereocenters.